The zero-order valence-electron chi connectivity index (χ0n) is 19.8. The number of benzene rings is 1. The number of aromatic nitrogens is 2. The molecule has 5 N–H and O–H groups in total. The Bertz CT molecular complexity index is 1200. The van der Waals surface area contributed by atoms with Crippen LogP contribution in [0, 0.1) is 0 Å². The standard InChI is InChI=1S/C22H32N6O4S2/c1-14(2)34(31,32)16-8-6-5-7-15(16)25-19-17(18(23)29)20(30)27-21(26-19)24-13-22(28(3)4)9-11-33-12-10-22/h5-8,14H,9-13H2,1-4H3,(H2,23,29)(H3,24,25,26,27,30). The summed E-state index contributed by atoms with van der Waals surface area (Å²) >= 11 is 1.91. The summed E-state index contributed by atoms with van der Waals surface area (Å²) in [4.78, 5) is 34.0. The number of primary amides is 1. The Balaban J connectivity index is 1.99. The average molecular weight is 509 g/mol. The molecule has 1 aromatic carbocycles. The number of nitrogens with one attached hydrogen (secondary N) is 3. The van der Waals surface area contributed by atoms with Crippen LogP contribution in [0.3, 0.4) is 0 Å². The normalized spacial score (nSPS) is 15.9. The first-order valence-electron chi connectivity index (χ1n) is 11.0. The number of rotatable bonds is 9. The lowest BCUT2D eigenvalue weighted by atomic mass is 9.91. The zero-order valence-corrected chi connectivity index (χ0v) is 21.5. The highest BCUT2D eigenvalue weighted by Gasteiger charge is 2.34. The van der Waals surface area contributed by atoms with Gasteiger partial charge < -0.3 is 21.3 Å². The number of amides is 1. The van der Waals surface area contributed by atoms with Crippen molar-refractivity contribution in [1.82, 2.24) is 14.9 Å². The number of nitrogens with zero attached hydrogens (tertiary/aromatic N) is 2. The van der Waals surface area contributed by atoms with Crippen LogP contribution in [0.1, 0.15) is 37.0 Å². The number of thioether (sulfide) groups is 1. The van der Waals surface area contributed by atoms with E-state index < -0.39 is 26.6 Å². The number of aromatic amines is 1. The SMILES string of the molecule is CC(C)S(=O)(=O)c1ccccc1Nc1nc(NCC2(N(C)C)CCSCC2)[nH]c(=O)c1C(N)=O. The number of hydrogen-bond acceptors (Lipinski definition) is 9. The van der Waals surface area contributed by atoms with Crippen molar-refractivity contribution >= 4 is 45.0 Å². The molecule has 0 saturated carbocycles. The van der Waals surface area contributed by atoms with E-state index in [1.165, 1.54) is 6.07 Å². The van der Waals surface area contributed by atoms with Crippen molar-refractivity contribution in [2.24, 2.45) is 5.73 Å². The third kappa shape index (κ3) is 5.39. The Morgan fingerprint density at radius 1 is 1.26 bits per heavy atom. The van der Waals surface area contributed by atoms with E-state index in [4.69, 9.17) is 5.73 Å². The van der Waals surface area contributed by atoms with Crippen LogP contribution in [0.25, 0.3) is 0 Å². The van der Waals surface area contributed by atoms with Gasteiger partial charge in [-0.25, -0.2) is 8.42 Å². The van der Waals surface area contributed by atoms with Crippen LogP contribution in [0.2, 0.25) is 0 Å². The van der Waals surface area contributed by atoms with E-state index in [2.05, 4.69) is 25.5 Å². The predicted molar refractivity (Wildman–Crippen MR) is 137 cm³/mol. The number of likely N-dealkylation sites (N-methyl/N-ethyl adjacent to an activating group) is 1. The summed E-state index contributed by atoms with van der Waals surface area (Å²) in [6.45, 7) is 3.70. The topological polar surface area (TPSA) is 150 Å². The zero-order chi connectivity index (χ0) is 25.1. The molecule has 12 heteroatoms. The molecule has 1 saturated heterocycles. The molecule has 3 rings (SSSR count). The van der Waals surface area contributed by atoms with Crippen LogP contribution in [-0.2, 0) is 9.84 Å². The molecule has 186 valence electrons. The molecule has 34 heavy (non-hydrogen) atoms. The monoisotopic (exact) mass is 508 g/mol. The Hall–Kier alpha value is -2.57. The van der Waals surface area contributed by atoms with Gasteiger partial charge in [-0.3, -0.25) is 14.6 Å². The maximum Gasteiger partial charge on any atom is 0.267 e. The van der Waals surface area contributed by atoms with Gasteiger partial charge in [-0.2, -0.15) is 16.7 Å². The van der Waals surface area contributed by atoms with Crippen LogP contribution >= 0.6 is 11.8 Å². The smallest absolute Gasteiger partial charge is 0.267 e. The Morgan fingerprint density at radius 3 is 2.50 bits per heavy atom. The van der Waals surface area contributed by atoms with Crippen molar-refractivity contribution < 1.29 is 13.2 Å². The second-order valence-corrected chi connectivity index (χ2v) is 12.5. The first-order chi connectivity index (χ1) is 16.0. The number of sulfone groups is 1. The highest BCUT2D eigenvalue weighted by Crippen LogP contribution is 2.32. The molecule has 0 unspecified atom stereocenters. The van der Waals surface area contributed by atoms with E-state index in [1.807, 2.05) is 25.9 Å². The van der Waals surface area contributed by atoms with Gasteiger partial charge in [-0.05, 0) is 64.4 Å². The lowest BCUT2D eigenvalue weighted by Gasteiger charge is -2.42. The van der Waals surface area contributed by atoms with Gasteiger partial charge in [-0.1, -0.05) is 12.1 Å². The van der Waals surface area contributed by atoms with Gasteiger partial charge in [0.25, 0.3) is 11.5 Å². The van der Waals surface area contributed by atoms with Crippen molar-refractivity contribution in [2.75, 3.05) is 42.8 Å². The summed E-state index contributed by atoms with van der Waals surface area (Å²) in [5.74, 6) is 1.17. The van der Waals surface area contributed by atoms with E-state index in [0.717, 1.165) is 24.3 Å². The molecule has 1 aliphatic heterocycles. The first-order valence-corrected chi connectivity index (χ1v) is 13.7. The van der Waals surface area contributed by atoms with E-state index in [9.17, 15) is 18.0 Å². The van der Waals surface area contributed by atoms with Gasteiger partial charge in [0.1, 0.15) is 5.56 Å². The van der Waals surface area contributed by atoms with Crippen molar-refractivity contribution in [1.29, 1.82) is 0 Å². The maximum absolute atomic E-state index is 12.8. The molecule has 1 aliphatic rings. The molecule has 0 radical (unpaired) electrons. The van der Waals surface area contributed by atoms with Crippen molar-refractivity contribution in [3.8, 4) is 0 Å². The van der Waals surface area contributed by atoms with E-state index in [0.29, 0.717) is 6.54 Å². The predicted octanol–water partition coefficient (Wildman–Crippen LogP) is 2.03. The fraction of sp³-hybridized carbons (Fsp3) is 0.500. The number of hydrogen-bond donors (Lipinski definition) is 4. The summed E-state index contributed by atoms with van der Waals surface area (Å²) in [7, 11) is 0.423. The maximum atomic E-state index is 12.8. The number of anilines is 3. The molecule has 0 atom stereocenters. The molecular formula is C22H32N6O4S2. The Morgan fingerprint density at radius 2 is 1.91 bits per heavy atom. The van der Waals surface area contributed by atoms with Gasteiger partial charge in [0.15, 0.2) is 15.7 Å². The second kappa shape index (κ2) is 10.4. The molecule has 2 heterocycles. The quantitative estimate of drug-likeness (QED) is 0.399. The minimum absolute atomic E-state index is 0.0447. The van der Waals surface area contributed by atoms with Gasteiger partial charge in [0.05, 0.1) is 15.8 Å². The second-order valence-electron chi connectivity index (χ2n) is 8.80. The fourth-order valence-electron chi connectivity index (χ4n) is 3.86. The average Bonchev–Trinajstić information content (AvgIpc) is 2.78. The van der Waals surface area contributed by atoms with E-state index in [-0.39, 0.29) is 33.5 Å². The van der Waals surface area contributed by atoms with Crippen LogP contribution in [0.4, 0.5) is 17.5 Å². The van der Waals surface area contributed by atoms with Gasteiger partial charge in [0, 0.05) is 12.1 Å². The molecule has 0 bridgehead atoms. The molecule has 10 nitrogen and oxygen atoms in total. The van der Waals surface area contributed by atoms with Gasteiger partial charge in [-0.15, -0.1) is 0 Å². The molecule has 2 aromatic rings. The van der Waals surface area contributed by atoms with Crippen LogP contribution in [0.15, 0.2) is 34.0 Å². The molecule has 1 amide bonds. The molecule has 0 aliphatic carbocycles. The Kier molecular flexibility index (Phi) is 7.94. The number of carbonyl (C=O) groups is 1. The molecule has 1 fully saturated rings. The van der Waals surface area contributed by atoms with Crippen molar-refractivity contribution in [3.63, 3.8) is 0 Å². The third-order valence-corrected chi connectivity index (χ3v) is 9.39. The highest BCUT2D eigenvalue weighted by molar-refractivity contribution is 7.99. The van der Waals surface area contributed by atoms with Crippen LogP contribution in [0.5, 0.6) is 0 Å². The van der Waals surface area contributed by atoms with Crippen molar-refractivity contribution in [3.05, 3.63) is 40.2 Å². The largest absolute Gasteiger partial charge is 0.365 e. The minimum Gasteiger partial charge on any atom is -0.365 e. The number of carbonyl (C=O) groups excluding carboxylic acids is 1. The molecular weight excluding hydrogens is 476 g/mol. The van der Waals surface area contributed by atoms with Gasteiger partial charge >= 0.3 is 0 Å². The number of H-pyrrole nitrogens is 1. The first kappa shape index (κ1) is 26.0. The Labute approximate surface area is 204 Å². The summed E-state index contributed by atoms with van der Waals surface area (Å²) in [6, 6.07) is 6.28. The highest BCUT2D eigenvalue weighted by atomic mass is 32.2. The lowest BCUT2D eigenvalue weighted by Crippen LogP contribution is -2.52. The summed E-state index contributed by atoms with van der Waals surface area (Å²) in [6.07, 6.45) is 1.96. The van der Waals surface area contributed by atoms with E-state index in [1.54, 1.807) is 32.0 Å². The third-order valence-electron chi connectivity index (χ3n) is 6.19. The number of para-hydroxylation sites is 1. The van der Waals surface area contributed by atoms with Crippen molar-refractivity contribution in [2.45, 2.75) is 42.4 Å². The summed E-state index contributed by atoms with van der Waals surface area (Å²) in [5.41, 5.74) is 4.47. The number of nitrogens with two attached hydrogens (primary N) is 1. The van der Waals surface area contributed by atoms with Gasteiger partial charge in [0.2, 0.25) is 5.95 Å². The fourth-order valence-corrected chi connectivity index (χ4v) is 6.31. The van der Waals surface area contributed by atoms with Crippen LogP contribution < -0.4 is 21.9 Å². The van der Waals surface area contributed by atoms with Crippen LogP contribution in [-0.4, -0.2) is 72.1 Å². The summed E-state index contributed by atoms with van der Waals surface area (Å²) < 4.78 is 25.7. The lowest BCUT2D eigenvalue weighted by molar-refractivity contribution is 0.0999. The molecule has 0 spiro atoms. The minimum atomic E-state index is -3.64. The molecule has 1 aromatic heterocycles. The summed E-state index contributed by atoms with van der Waals surface area (Å²) in [5, 5.41) is 5.41. The van der Waals surface area contributed by atoms with E-state index >= 15 is 0 Å².